The third-order valence-corrected chi connectivity index (χ3v) is 3.21. The van der Waals surface area contributed by atoms with Crippen LogP contribution in [0.5, 0.6) is 0 Å². The van der Waals surface area contributed by atoms with Gasteiger partial charge in [0.2, 0.25) is 5.91 Å². The van der Waals surface area contributed by atoms with Gasteiger partial charge in [-0.15, -0.1) is 12.4 Å². The van der Waals surface area contributed by atoms with Gasteiger partial charge in [-0.25, -0.2) is 0 Å². The monoisotopic (exact) mass is 352 g/mol. The van der Waals surface area contributed by atoms with E-state index in [2.05, 4.69) is 33.2 Å². The van der Waals surface area contributed by atoms with Crippen LogP contribution in [0.3, 0.4) is 0 Å². The lowest BCUT2D eigenvalue weighted by Crippen LogP contribution is -2.35. The molecule has 1 aliphatic rings. The van der Waals surface area contributed by atoms with E-state index in [1.165, 1.54) is 3.57 Å². The molecule has 1 aliphatic heterocycles. The summed E-state index contributed by atoms with van der Waals surface area (Å²) in [6, 6.07) is 7.81. The van der Waals surface area contributed by atoms with E-state index < -0.39 is 0 Å². The van der Waals surface area contributed by atoms with Crippen LogP contribution >= 0.6 is 35.0 Å². The minimum atomic E-state index is -0.00993. The number of nitrogens with one attached hydrogen (secondary N) is 2. The summed E-state index contributed by atoms with van der Waals surface area (Å²) in [7, 11) is 0. The number of amides is 1. The van der Waals surface area contributed by atoms with Crippen LogP contribution in [0.1, 0.15) is 12.8 Å². The first-order valence-electron chi connectivity index (χ1n) is 5.05. The Morgan fingerprint density at radius 1 is 1.38 bits per heavy atom. The Labute approximate surface area is 115 Å². The average molecular weight is 353 g/mol. The molecule has 5 heteroatoms. The molecule has 2 N–H and O–H groups in total. The van der Waals surface area contributed by atoms with Gasteiger partial charge >= 0.3 is 0 Å². The molecule has 1 aromatic carbocycles. The summed E-state index contributed by atoms with van der Waals surface area (Å²) in [5.41, 5.74) is 0.870. The van der Waals surface area contributed by atoms with Gasteiger partial charge in [-0.1, -0.05) is 0 Å². The van der Waals surface area contributed by atoms with Crippen molar-refractivity contribution in [1.82, 2.24) is 5.32 Å². The highest BCUT2D eigenvalue weighted by molar-refractivity contribution is 14.1. The van der Waals surface area contributed by atoms with E-state index in [0.717, 1.165) is 25.1 Å². The normalized spacial score (nSPS) is 18.9. The quantitative estimate of drug-likeness (QED) is 0.803. The van der Waals surface area contributed by atoms with Crippen LogP contribution in [0.25, 0.3) is 0 Å². The van der Waals surface area contributed by atoms with Gasteiger partial charge in [-0.3, -0.25) is 4.79 Å². The van der Waals surface area contributed by atoms with Crippen molar-refractivity contribution in [2.75, 3.05) is 11.9 Å². The van der Waals surface area contributed by atoms with Crippen LogP contribution in [-0.2, 0) is 4.79 Å². The minimum Gasteiger partial charge on any atom is -0.325 e. The molecule has 1 fully saturated rings. The second-order valence-corrected chi connectivity index (χ2v) is 4.89. The van der Waals surface area contributed by atoms with Crippen LogP contribution in [0.2, 0.25) is 0 Å². The molecule has 0 spiro atoms. The zero-order chi connectivity index (χ0) is 10.7. The predicted octanol–water partition coefficient (Wildman–Crippen LogP) is 2.40. The van der Waals surface area contributed by atoms with Gasteiger partial charge in [-0.2, -0.15) is 0 Å². The highest BCUT2D eigenvalue weighted by Gasteiger charge is 2.21. The number of halogens is 2. The molecule has 88 valence electrons. The molecule has 0 aliphatic carbocycles. The van der Waals surface area contributed by atoms with Gasteiger partial charge < -0.3 is 10.6 Å². The Kier molecular flexibility index (Phi) is 5.51. The molecule has 1 amide bonds. The van der Waals surface area contributed by atoms with Crippen molar-refractivity contribution in [3.63, 3.8) is 0 Å². The van der Waals surface area contributed by atoms with E-state index in [0.29, 0.717) is 0 Å². The number of carbonyl (C=O) groups excluding carboxylic acids is 1. The number of hydrogen-bond acceptors (Lipinski definition) is 2. The second kappa shape index (κ2) is 6.42. The lowest BCUT2D eigenvalue weighted by molar-refractivity contribution is -0.117. The summed E-state index contributed by atoms with van der Waals surface area (Å²) in [4.78, 5) is 11.7. The largest absolute Gasteiger partial charge is 0.325 e. The van der Waals surface area contributed by atoms with E-state index in [9.17, 15) is 4.79 Å². The maximum absolute atomic E-state index is 11.7. The van der Waals surface area contributed by atoms with Gasteiger partial charge in [0.25, 0.3) is 0 Å². The first-order chi connectivity index (χ1) is 7.25. The first kappa shape index (κ1) is 13.7. The van der Waals surface area contributed by atoms with Crippen molar-refractivity contribution in [2.24, 2.45) is 0 Å². The molecule has 3 nitrogen and oxygen atoms in total. The molecule has 16 heavy (non-hydrogen) atoms. The summed E-state index contributed by atoms with van der Waals surface area (Å²) in [5.74, 6) is 0.0775. The molecule has 1 atom stereocenters. The average Bonchev–Trinajstić information content (AvgIpc) is 2.74. The van der Waals surface area contributed by atoms with Crippen molar-refractivity contribution in [1.29, 1.82) is 0 Å². The zero-order valence-corrected chi connectivity index (χ0v) is 11.7. The Hall–Kier alpha value is -0.330. The third-order valence-electron chi connectivity index (χ3n) is 2.49. The highest BCUT2D eigenvalue weighted by Crippen LogP contribution is 2.13. The second-order valence-electron chi connectivity index (χ2n) is 3.65. The molecular formula is C11H14ClIN2O. The van der Waals surface area contributed by atoms with Gasteiger partial charge in [0.1, 0.15) is 0 Å². The molecule has 1 heterocycles. The SMILES string of the molecule is Cl.O=C(Nc1ccc(I)cc1)[C@@H]1CCCN1. The maximum Gasteiger partial charge on any atom is 0.241 e. The highest BCUT2D eigenvalue weighted by atomic mass is 127. The zero-order valence-electron chi connectivity index (χ0n) is 8.70. The number of hydrogen-bond donors (Lipinski definition) is 2. The van der Waals surface area contributed by atoms with E-state index >= 15 is 0 Å². The molecule has 0 bridgehead atoms. The number of anilines is 1. The van der Waals surface area contributed by atoms with Crippen molar-refractivity contribution in [2.45, 2.75) is 18.9 Å². The summed E-state index contributed by atoms with van der Waals surface area (Å²) < 4.78 is 1.17. The van der Waals surface area contributed by atoms with Crippen molar-refractivity contribution < 1.29 is 4.79 Å². The third kappa shape index (κ3) is 3.61. The fourth-order valence-corrected chi connectivity index (χ4v) is 2.03. The molecule has 0 radical (unpaired) electrons. The molecule has 0 unspecified atom stereocenters. The lowest BCUT2D eigenvalue weighted by atomic mass is 10.2. The van der Waals surface area contributed by atoms with Gasteiger partial charge in [0.15, 0.2) is 0 Å². The van der Waals surface area contributed by atoms with E-state index in [-0.39, 0.29) is 24.4 Å². The van der Waals surface area contributed by atoms with E-state index in [4.69, 9.17) is 0 Å². The minimum absolute atomic E-state index is 0. The van der Waals surface area contributed by atoms with Crippen LogP contribution < -0.4 is 10.6 Å². The summed E-state index contributed by atoms with van der Waals surface area (Å²) in [6.07, 6.45) is 2.03. The van der Waals surface area contributed by atoms with Crippen LogP contribution in [-0.4, -0.2) is 18.5 Å². The van der Waals surface area contributed by atoms with Crippen LogP contribution in [0, 0.1) is 3.57 Å². The van der Waals surface area contributed by atoms with Crippen LogP contribution in [0.4, 0.5) is 5.69 Å². The number of carbonyl (C=O) groups is 1. The Bertz CT molecular complexity index is 350. The van der Waals surface area contributed by atoms with Gasteiger partial charge in [0.05, 0.1) is 6.04 Å². The van der Waals surface area contributed by atoms with Crippen molar-refractivity contribution in [3.8, 4) is 0 Å². The van der Waals surface area contributed by atoms with Gasteiger partial charge in [-0.05, 0) is 66.2 Å². The fourth-order valence-electron chi connectivity index (χ4n) is 1.67. The molecule has 0 saturated carbocycles. The number of rotatable bonds is 2. The summed E-state index contributed by atoms with van der Waals surface area (Å²) in [6.45, 7) is 0.949. The smallest absolute Gasteiger partial charge is 0.241 e. The Morgan fingerprint density at radius 2 is 2.06 bits per heavy atom. The fraction of sp³-hybridized carbons (Fsp3) is 0.364. The van der Waals surface area contributed by atoms with E-state index in [1.54, 1.807) is 0 Å². The lowest BCUT2D eigenvalue weighted by Gasteiger charge is -2.10. The van der Waals surface area contributed by atoms with Gasteiger partial charge in [0, 0.05) is 9.26 Å². The Morgan fingerprint density at radius 3 is 2.62 bits per heavy atom. The molecule has 1 aromatic rings. The van der Waals surface area contributed by atoms with E-state index in [1.807, 2.05) is 24.3 Å². The van der Waals surface area contributed by atoms with Crippen molar-refractivity contribution >= 4 is 46.6 Å². The summed E-state index contributed by atoms with van der Waals surface area (Å²) in [5, 5.41) is 6.08. The van der Waals surface area contributed by atoms with Crippen molar-refractivity contribution in [3.05, 3.63) is 27.8 Å². The predicted molar refractivity (Wildman–Crippen MR) is 76.1 cm³/mol. The Balaban J connectivity index is 0.00000128. The maximum atomic E-state index is 11.7. The topological polar surface area (TPSA) is 41.1 Å². The number of benzene rings is 1. The molecule has 1 saturated heterocycles. The van der Waals surface area contributed by atoms with Crippen LogP contribution in [0.15, 0.2) is 24.3 Å². The molecular weight excluding hydrogens is 338 g/mol. The first-order valence-corrected chi connectivity index (χ1v) is 6.13. The molecule has 2 rings (SSSR count). The standard InChI is InChI=1S/C11H13IN2O.ClH/c12-8-3-5-9(6-4-8)14-11(15)10-2-1-7-13-10;/h3-6,10,13H,1-2,7H2,(H,14,15);1H/t10-;/m0./s1. The molecule has 0 aromatic heterocycles. The summed E-state index contributed by atoms with van der Waals surface area (Å²) >= 11 is 2.24.